The van der Waals surface area contributed by atoms with E-state index < -0.39 is 41.1 Å². The molecule has 12 heteroatoms. The number of hydrogen-bond acceptors (Lipinski definition) is 10. The van der Waals surface area contributed by atoms with E-state index in [9.17, 15) is 28.8 Å². The van der Waals surface area contributed by atoms with E-state index in [1.807, 2.05) is 0 Å². The normalized spacial score (nSPS) is 33.5. The van der Waals surface area contributed by atoms with Crippen LogP contribution in [0.15, 0.2) is 17.8 Å². The first-order valence-corrected chi connectivity index (χ1v) is 8.35. The van der Waals surface area contributed by atoms with Gasteiger partial charge in [0, 0.05) is 12.2 Å². The van der Waals surface area contributed by atoms with E-state index in [2.05, 4.69) is 16.0 Å². The van der Waals surface area contributed by atoms with Crippen LogP contribution < -0.4 is 0 Å². The maximum absolute atomic E-state index is 10.5. The number of nitrogens with zero attached hydrogens (tertiary/aromatic N) is 1. The maximum atomic E-state index is 10.5. The number of aliphatic hydroxyl groups is 4. The van der Waals surface area contributed by atoms with E-state index in [4.69, 9.17) is 9.29 Å². The van der Waals surface area contributed by atoms with Crippen molar-refractivity contribution in [3.8, 4) is 0 Å². The fraction of sp³-hybridized carbons (Fsp3) is 0.700. The van der Waals surface area contributed by atoms with Gasteiger partial charge in [-0.05, 0) is 0 Å². The molecule has 0 aliphatic carbocycles. The SMILES string of the molecule is C=CCC(=NOS(=O)(=O)O)SCC1OC(O)C(O)C(O)C1O. The van der Waals surface area contributed by atoms with Crippen molar-refractivity contribution < 1.29 is 42.4 Å². The number of thioether (sulfide) groups is 1. The van der Waals surface area contributed by atoms with E-state index in [0.717, 1.165) is 11.8 Å². The van der Waals surface area contributed by atoms with Crippen LogP contribution >= 0.6 is 11.8 Å². The number of allylic oxidation sites excluding steroid dienone is 1. The fourth-order valence-electron chi connectivity index (χ4n) is 1.58. The van der Waals surface area contributed by atoms with Crippen LogP contribution in [-0.4, -0.2) is 74.9 Å². The Labute approximate surface area is 131 Å². The van der Waals surface area contributed by atoms with Crippen molar-refractivity contribution in [1.29, 1.82) is 0 Å². The molecule has 10 nitrogen and oxygen atoms in total. The molecule has 5 unspecified atom stereocenters. The fourth-order valence-corrected chi connectivity index (χ4v) is 2.77. The van der Waals surface area contributed by atoms with Crippen molar-refractivity contribution in [2.24, 2.45) is 5.16 Å². The summed E-state index contributed by atoms with van der Waals surface area (Å²) in [4.78, 5) is 0. The minimum Gasteiger partial charge on any atom is -0.388 e. The van der Waals surface area contributed by atoms with Crippen LogP contribution in [0, 0.1) is 0 Å². The van der Waals surface area contributed by atoms with E-state index in [1.165, 1.54) is 6.08 Å². The van der Waals surface area contributed by atoms with Gasteiger partial charge in [0.2, 0.25) is 0 Å². The summed E-state index contributed by atoms with van der Waals surface area (Å²) in [6.07, 6.45) is -5.90. The first-order chi connectivity index (χ1) is 10.2. The lowest BCUT2D eigenvalue weighted by molar-refractivity contribution is -0.276. The van der Waals surface area contributed by atoms with Crippen molar-refractivity contribution in [3.63, 3.8) is 0 Å². The summed E-state index contributed by atoms with van der Waals surface area (Å²) >= 11 is 0.892. The predicted octanol–water partition coefficient (Wildman–Crippen LogP) is -1.77. The molecule has 1 rings (SSSR count). The Kier molecular flexibility index (Phi) is 7.21. The van der Waals surface area contributed by atoms with E-state index in [1.54, 1.807) is 0 Å². The Bertz CT molecular complexity index is 509. The summed E-state index contributed by atoms with van der Waals surface area (Å²) in [7, 11) is -4.75. The largest absolute Gasteiger partial charge is 0.466 e. The third kappa shape index (κ3) is 5.81. The van der Waals surface area contributed by atoms with Crippen molar-refractivity contribution in [2.45, 2.75) is 37.1 Å². The minimum atomic E-state index is -4.75. The topological polar surface area (TPSA) is 166 Å². The van der Waals surface area contributed by atoms with Crippen LogP contribution in [0.2, 0.25) is 0 Å². The van der Waals surface area contributed by atoms with Crippen LogP contribution in [0.5, 0.6) is 0 Å². The molecule has 0 amide bonds. The van der Waals surface area contributed by atoms with Gasteiger partial charge in [0.1, 0.15) is 23.4 Å². The van der Waals surface area contributed by atoms with E-state index >= 15 is 0 Å². The van der Waals surface area contributed by atoms with Gasteiger partial charge in [0.05, 0.1) is 6.10 Å². The summed E-state index contributed by atoms with van der Waals surface area (Å²) < 4.78 is 38.2. The molecule has 0 aromatic carbocycles. The molecule has 0 aromatic heterocycles. The molecule has 0 aromatic rings. The molecule has 0 bridgehead atoms. The second-order valence-corrected chi connectivity index (χ2v) is 6.43. The van der Waals surface area contributed by atoms with Gasteiger partial charge < -0.3 is 25.2 Å². The molecule has 1 aliphatic heterocycles. The summed E-state index contributed by atoms with van der Waals surface area (Å²) in [5.74, 6) is -0.0382. The summed E-state index contributed by atoms with van der Waals surface area (Å²) in [5, 5.41) is 41.3. The van der Waals surface area contributed by atoms with Crippen LogP contribution in [0.1, 0.15) is 6.42 Å². The molecule has 1 saturated heterocycles. The zero-order valence-electron chi connectivity index (χ0n) is 11.2. The average molecular weight is 359 g/mol. The lowest BCUT2D eigenvalue weighted by atomic mass is 10.0. The van der Waals surface area contributed by atoms with Gasteiger partial charge in [-0.2, -0.15) is 8.42 Å². The first kappa shape index (κ1) is 19.3. The quantitative estimate of drug-likeness (QED) is 0.120. The molecule has 22 heavy (non-hydrogen) atoms. The molecule has 0 spiro atoms. The highest BCUT2D eigenvalue weighted by Gasteiger charge is 2.42. The van der Waals surface area contributed by atoms with Gasteiger partial charge in [-0.15, -0.1) is 18.3 Å². The molecule has 1 heterocycles. The molecule has 1 aliphatic rings. The molecule has 5 atom stereocenters. The molecular weight excluding hydrogens is 342 g/mol. The number of oxime groups is 1. The van der Waals surface area contributed by atoms with Crippen LogP contribution in [0.4, 0.5) is 0 Å². The lowest BCUT2D eigenvalue weighted by Crippen LogP contribution is -2.58. The standard InChI is InChI=1S/C10H17NO9S2/c1-2-3-6(11-20-22(16,17)18)21-4-5-7(12)8(13)9(14)10(15)19-5/h2,5,7-10,12-15H,1,3-4H2,(H,16,17,18). The monoisotopic (exact) mass is 359 g/mol. The predicted molar refractivity (Wildman–Crippen MR) is 76.2 cm³/mol. The zero-order chi connectivity index (χ0) is 16.9. The molecular formula is C10H17NO9S2. The second kappa shape index (κ2) is 8.21. The number of ether oxygens (including phenoxy) is 1. The third-order valence-electron chi connectivity index (χ3n) is 2.65. The van der Waals surface area contributed by atoms with E-state index in [0.29, 0.717) is 0 Å². The average Bonchev–Trinajstić information content (AvgIpc) is 2.43. The van der Waals surface area contributed by atoms with Gasteiger partial charge in [-0.1, -0.05) is 11.2 Å². The number of aliphatic hydroxyl groups excluding tert-OH is 4. The minimum absolute atomic E-state index is 0.0382. The van der Waals surface area contributed by atoms with Gasteiger partial charge in [-0.3, -0.25) is 4.55 Å². The van der Waals surface area contributed by atoms with Gasteiger partial charge in [-0.25, -0.2) is 4.28 Å². The van der Waals surface area contributed by atoms with E-state index in [-0.39, 0.29) is 17.2 Å². The summed E-state index contributed by atoms with van der Waals surface area (Å²) in [6, 6.07) is 0. The van der Waals surface area contributed by atoms with Crippen LogP contribution in [0.3, 0.4) is 0 Å². The lowest BCUT2D eigenvalue weighted by Gasteiger charge is -2.38. The second-order valence-electron chi connectivity index (χ2n) is 4.33. The Hall–Kier alpha value is -0.730. The van der Waals surface area contributed by atoms with Crippen molar-refractivity contribution in [2.75, 3.05) is 5.75 Å². The Balaban J connectivity index is 2.66. The zero-order valence-corrected chi connectivity index (χ0v) is 12.9. The molecule has 5 N–H and O–H groups in total. The Morgan fingerprint density at radius 2 is 1.91 bits per heavy atom. The highest BCUT2D eigenvalue weighted by Crippen LogP contribution is 2.24. The van der Waals surface area contributed by atoms with Crippen molar-refractivity contribution >= 4 is 27.2 Å². The smallest absolute Gasteiger partial charge is 0.388 e. The maximum Gasteiger partial charge on any atom is 0.466 e. The molecule has 1 fully saturated rings. The van der Waals surface area contributed by atoms with Crippen molar-refractivity contribution in [1.82, 2.24) is 0 Å². The first-order valence-electron chi connectivity index (χ1n) is 6.00. The van der Waals surface area contributed by atoms with Crippen LogP contribution in [-0.2, 0) is 19.4 Å². The molecule has 0 radical (unpaired) electrons. The van der Waals surface area contributed by atoms with Gasteiger partial charge >= 0.3 is 10.4 Å². The van der Waals surface area contributed by atoms with Gasteiger partial charge in [0.25, 0.3) is 0 Å². The molecule has 128 valence electrons. The third-order valence-corrected chi connectivity index (χ3v) is 3.99. The number of hydrogen-bond donors (Lipinski definition) is 5. The van der Waals surface area contributed by atoms with Crippen molar-refractivity contribution in [3.05, 3.63) is 12.7 Å². The van der Waals surface area contributed by atoms with Crippen LogP contribution in [0.25, 0.3) is 0 Å². The Morgan fingerprint density at radius 1 is 1.27 bits per heavy atom. The number of rotatable bonds is 6. The summed E-state index contributed by atoms with van der Waals surface area (Å²) in [6.45, 7) is 3.43. The highest BCUT2D eigenvalue weighted by atomic mass is 32.3. The van der Waals surface area contributed by atoms with Gasteiger partial charge in [0.15, 0.2) is 6.29 Å². The Morgan fingerprint density at radius 3 is 2.45 bits per heavy atom. The molecule has 0 saturated carbocycles. The summed E-state index contributed by atoms with van der Waals surface area (Å²) in [5.41, 5.74) is 0. The highest BCUT2D eigenvalue weighted by molar-refractivity contribution is 8.14.